The third kappa shape index (κ3) is 1.32. The highest BCUT2D eigenvalue weighted by molar-refractivity contribution is 5.93. The van der Waals surface area contributed by atoms with Crippen molar-refractivity contribution < 1.29 is 10.3 Å². The van der Waals surface area contributed by atoms with Crippen molar-refractivity contribution in [3.63, 3.8) is 0 Å². The first kappa shape index (κ1) is 6.10. The molecule has 0 atom stereocenters. The number of nitrogens with one attached hydrogen (secondary N) is 1. The summed E-state index contributed by atoms with van der Waals surface area (Å²) in [5.41, 5.74) is 0. The maximum absolute atomic E-state index is 10.0. The smallest absolute Gasteiger partial charge is 0.246 e. The van der Waals surface area contributed by atoms with Gasteiger partial charge in [-0.1, -0.05) is 0 Å². The number of carbonyl (C=O) groups excluding carboxylic acids is 1. The minimum atomic E-state index is -0.0185. The minimum Gasteiger partial charge on any atom is -0.412 e. The summed E-state index contributed by atoms with van der Waals surface area (Å²) in [6.45, 7) is 0.306. The van der Waals surface area contributed by atoms with Crippen LogP contribution in [-0.4, -0.2) is 24.3 Å². The number of hydrogen-bond acceptors (Lipinski definition) is 2. The van der Waals surface area contributed by atoms with Gasteiger partial charge in [0.25, 0.3) is 0 Å². The SMILES string of the molecule is O.O=C1CN=CN1. The molecule has 0 aromatic carbocycles. The van der Waals surface area contributed by atoms with Crippen LogP contribution in [0.5, 0.6) is 0 Å². The fourth-order valence-corrected chi connectivity index (χ4v) is 0.292. The maximum Gasteiger partial charge on any atom is 0.246 e. The highest BCUT2D eigenvalue weighted by Crippen LogP contribution is 1.73. The van der Waals surface area contributed by atoms with Crippen LogP contribution in [0, 0.1) is 0 Å². The van der Waals surface area contributed by atoms with E-state index in [-0.39, 0.29) is 11.4 Å². The van der Waals surface area contributed by atoms with Crippen molar-refractivity contribution in [3.8, 4) is 0 Å². The highest BCUT2D eigenvalue weighted by Gasteiger charge is 1.98. The Morgan fingerprint density at radius 3 is 2.71 bits per heavy atom. The lowest BCUT2D eigenvalue weighted by molar-refractivity contribution is -0.117. The highest BCUT2D eigenvalue weighted by atomic mass is 16.2. The average Bonchev–Trinajstić information content (AvgIpc) is 1.86. The maximum atomic E-state index is 10.0. The molecule has 3 N–H and O–H groups in total. The zero-order valence-corrected chi connectivity index (χ0v) is 3.64. The largest absolute Gasteiger partial charge is 0.412 e. The molecule has 4 nitrogen and oxygen atoms in total. The topological polar surface area (TPSA) is 73.0 Å². The molecular formula is C3H6N2O2. The number of rotatable bonds is 0. The molecule has 0 spiro atoms. The molecule has 40 valence electrons. The third-order valence-corrected chi connectivity index (χ3v) is 0.552. The van der Waals surface area contributed by atoms with Crippen molar-refractivity contribution in [1.82, 2.24) is 5.32 Å². The van der Waals surface area contributed by atoms with E-state index < -0.39 is 0 Å². The van der Waals surface area contributed by atoms with E-state index in [1.54, 1.807) is 0 Å². The normalized spacial score (nSPS) is 15.7. The predicted octanol–water partition coefficient (Wildman–Crippen LogP) is -1.68. The number of carbonyl (C=O) groups is 1. The summed E-state index contributed by atoms with van der Waals surface area (Å²) in [6.07, 6.45) is 1.41. The lowest BCUT2D eigenvalue weighted by Gasteiger charge is -1.76. The van der Waals surface area contributed by atoms with Crippen molar-refractivity contribution in [1.29, 1.82) is 0 Å². The first-order chi connectivity index (χ1) is 2.89. The molecule has 0 aliphatic carbocycles. The molecule has 4 heteroatoms. The zero-order chi connectivity index (χ0) is 4.41. The molecule has 0 aromatic heterocycles. The summed E-state index contributed by atoms with van der Waals surface area (Å²) >= 11 is 0. The van der Waals surface area contributed by atoms with Crippen LogP contribution in [0.15, 0.2) is 4.99 Å². The Bertz CT molecular complexity index is 89.1. The predicted molar refractivity (Wildman–Crippen MR) is 25.1 cm³/mol. The van der Waals surface area contributed by atoms with Gasteiger partial charge in [0.1, 0.15) is 6.54 Å². The van der Waals surface area contributed by atoms with E-state index in [4.69, 9.17) is 0 Å². The molecule has 0 saturated carbocycles. The van der Waals surface area contributed by atoms with Gasteiger partial charge < -0.3 is 10.8 Å². The van der Waals surface area contributed by atoms with Gasteiger partial charge >= 0.3 is 0 Å². The van der Waals surface area contributed by atoms with Crippen LogP contribution in [0.4, 0.5) is 0 Å². The Morgan fingerprint density at radius 2 is 2.57 bits per heavy atom. The van der Waals surface area contributed by atoms with Gasteiger partial charge in [-0.15, -0.1) is 0 Å². The van der Waals surface area contributed by atoms with E-state index in [2.05, 4.69) is 10.3 Å². The van der Waals surface area contributed by atoms with E-state index in [9.17, 15) is 4.79 Å². The zero-order valence-electron chi connectivity index (χ0n) is 3.64. The molecule has 0 saturated heterocycles. The van der Waals surface area contributed by atoms with Crippen molar-refractivity contribution in [2.24, 2.45) is 4.99 Å². The van der Waals surface area contributed by atoms with Gasteiger partial charge in [0.2, 0.25) is 5.91 Å². The second-order valence-electron chi connectivity index (χ2n) is 1.04. The van der Waals surface area contributed by atoms with E-state index in [1.165, 1.54) is 6.34 Å². The van der Waals surface area contributed by atoms with Crippen LogP contribution >= 0.6 is 0 Å². The lowest BCUT2D eigenvalue weighted by Crippen LogP contribution is -2.15. The molecule has 0 aromatic rings. The molecule has 1 aliphatic heterocycles. The molecule has 7 heavy (non-hydrogen) atoms. The molecule has 0 fully saturated rings. The van der Waals surface area contributed by atoms with E-state index in [1.807, 2.05) is 0 Å². The second-order valence-corrected chi connectivity index (χ2v) is 1.04. The van der Waals surface area contributed by atoms with Crippen LogP contribution in [-0.2, 0) is 4.79 Å². The summed E-state index contributed by atoms with van der Waals surface area (Å²) in [5.74, 6) is -0.0185. The van der Waals surface area contributed by atoms with Crippen molar-refractivity contribution >= 4 is 12.2 Å². The van der Waals surface area contributed by atoms with Crippen LogP contribution in [0.3, 0.4) is 0 Å². The number of aliphatic imine (C=N–C) groups is 1. The van der Waals surface area contributed by atoms with Crippen molar-refractivity contribution in [3.05, 3.63) is 0 Å². The molecule has 0 radical (unpaired) electrons. The molecule has 1 amide bonds. The van der Waals surface area contributed by atoms with Gasteiger partial charge in [0, 0.05) is 0 Å². The van der Waals surface area contributed by atoms with Gasteiger partial charge in [-0.3, -0.25) is 9.79 Å². The Morgan fingerprint density at radius 1 is 1.86 bits per heavy atom. The minimum absolute atomic E-state index is 0. The van der Waals surface area contributed by atoms with E-state index in [0.29, 0.717) is 6.54 Å². The number of amides is 1. The molecule has 1 rings (SSSR count). The second kappa shape index (κ2) is 2.30. The molecule has 1 aliphatic rings. The molecule has 1 heterocycles. The van der Waals surface area contributed by atoms with Gasteiger partial charge in [-0.05, 0) is 0 Å². The molecule has 0 bridgehead atoms. The van der Waals surface area contributed by atoms with Gasteiger partial charge in [0.05, 0.1) is 6.34 Å². The summed E-state index contributed by atoms with van der Waals surface area (Å²) in [4.78, 5) is 13.6. The van der Waals surface area contributed by atoms with Gasteiger partial charge in [-0.25, -0.2) is 0 Å². The van der Waals surface area contributed by atoms with Crippen LogP contribution in [0.2, 0.25) is 0 Å². The number of hydrogen-bond donors (Lipinski definition) is 1. The van der Waals surface area contributed by atoms with Gasteiger partial charge in [-0.2, -0.15) is 0 Å². The van der Waals surface area contributed by atoms with Crippen LogP contribution < -0.4 is 5.32 Å². The molecular weight excluding hydrogens is 96.0 g/mol. The average molecular weight is 102 g/mol. The lowest BCUT2D eigenvalue weighted by atomic mass is 10.7. The summed E-state index contributed by atoms with van der Waals surface area (Å²) in [7, 11) is 0. The Labute approximate surface area is 40.6 Å². The van der Waals surface area contributed by atoms with Crippen molar-refractivity contribution in [2.75, 3.05) is 6.54 Å². The Hall–Kier alpha value is -0.900. The molecule has 0 unspecified atom stereocenters. The van der Waals surface area contributed by atoms with Crippen LogP contribution in [0.1, 0.15) is 0 Å². The fourth-order valence-electron chi connectivity index (χ4n) is 0.292. The summed E-state index contributed by atoms with van der Waals surface area (Å²) in [6, 6.07) is 0. The summed E-state index contributed by atoms with van der Waals surface area (Å²) < 4.78 is 0. The Balaban J connectivity index is 0.000000360. The summed E-state index contributed by atoms with van der Waals surface area (Å²) in [5, 5.41) is 2.39. The quantitative estimate of drug-likeness (QED) is 0.389. The Kier molecular flexibility index (Phi) is 2.01. The van der Waals surface area contributed by atoms with E-state index >= 15 is 0 Å². The third-order valence-electron chi connectivity index (χ3n) is 0.552. The number of nitrogens with zero attached hydrogens (tertiary/aromatic N) is 1. The van der Waals surface area contributed by atoms with E-state index in [0.717, 1.165) is 0 Å². The monoisotopic (exact) mass is 102 g/mol. The first-order valence-electron chi connectivity index (χ1n) is 1.67. The fraction of sp³-hybridized carbons (Fsp3) is 0.333. The first-order valence-corrected chi connectivity index (χ1v) is 1.67. The standard InChI is InChI=1S/C3H4N2O.H2O/c6-3-1-4-2-5-3;/h2H,1H2,(H,4,5,6);1H2. The van der Waals surface area contributed by atoms with Gasteiger partial charge in [0.15, 0.2) is 0 Å². The van der Waals surface area contributed by atoms with Crippen molar-refractivity contribution in [2.45, 2.75) is 0 Å². The van der Waals surface area contributed by atoms with Crippen LogP contribution in [0.25, 0.3) is 0 Å².